The van der Waals surface area contributed by atoms with E-state index >= 15 is 0 Å². The number of thiophene rings is 2. The highest BCUT2D eigenvalue weighted by Gasteiger charge is 2.42. The first-order valence-corrected chi connectivity index (χ1v) is 26.3. The highest BCUT2D eigenvalue weighted by atomic mass is 32.1. The van der Waals surface area contributed by atoms with E-state index in [1.807, 2.05) is 22.7 Å². The lowest BCUT2D eigenvalue weighted by molar-refractivity contribution is 0.398. The summed E-state index contributed by atoms with van der Waals surface area (Å²) in [6.07, 6.45) is 18.4. The lowest BCUT2D eigenvalue weighted by atomic mass is 9.70. The Balaban J connectivity index is 1.17. The number of hydrogen-bond donors (Lipinski definition) is 0. The van der Waals surface area contributed by atoms with Crippen LogP contribution in [0.3, 0.4) is 0 Å². The highest BCUT2D eigenvalue weighted by molar-refractivity contribution is 7.19. The molecule has 0 aliphatic heterocycles. The number of rotatable bonds is 19. The molecule has 332 valence electrons. The van der Waals surface area contributed by atoms with Crippen molar-refractivity contribution in [2.24, 2.45) is 0 Å². The first-order chi connectivity index (χ1) is 31.8. The molecule has 0 saturated carbocycles. The van der Waals surface area contributed by atoms with Gasteiger partial charge in [0.1, 0.15) is 0 Å². The molecule has 4 heteroatoms. The normalized spacial score (nSPS) is 12.8. The molecule has 0 radical (unpaired) electrons. The second kappa shape index (κ2) is 20.1. The molecule has 8 aromatic rings. The van der Waals surface area contributed by atoms with E-state index in [-0.39, 0.29) is 5.41 Å². The van der Waals surface area contributed by atoms with Gasteiger partial charge in [-0.25, -0.2) is 9.97 Å². The van der Waals surface area contributed by atoms with Gasteiger partial charge in [-0.3, -0.25) is 0 Å². The zero-order chi connectivity index (χ0) is 44.9. The predicted octanol–water partition coefficient (Wildman–Crippen LogP) is 19.1. The van der Waals surface area contributed by atoms with E-state index < -0.39 is 0 Å². The van der Waals surface area contributed by atoms with Crippen LogP contribution in [0.25, 0.3) is 76.0 Å². The SMILES string of the molecule is CCCCCCCCC1(CCCCCCCC)c2cc(C)ccc2-c2ccc(-c3sc(-c4ccc(-c5cc(C)c(C)s5)c5nc(-c6ccccc6)c(-c6ccccc6)nc45)cc3C)cc21. The molecule has 5 aromatic carbocycles. The first kappa shape index (κ1) is 45.0. The van der Waals surface area contributed by atoms with Crippen molar-refractivity contribution in [1.82, 2.24) is 9.97 Å². The fourth-order valence-corrected chi connectivity index (χ4v) is 12.8. The van der Waals surface area contributed by atoms with E-state index in [1.54, 1.807) is 11.1 Å². The second-order valence-electron chi connectivity index (χ2n) is 18.9. The first-order valence-electron chi connectivity index (χ1n) is 24.7. The van der Waals surface area contributed by atoms with Gasteiger partial charge < -0.3 is 0 Å². The van der Waals surface area contributed by atoms with Crippen molar-refractivity contribution in [1.29, 1.82) is 0 Å². The molecular formula is C61H66N2S2. The van der Waals surface area contributed by atoms with Crippen LogP contribution in [-0.4, -0.2) is 9.97 Å². The average Bonchev–Trinajstić information content (AvgIpc) is 3.97. The maximum Gasteiger partial charge on any atom is 0.0988 e. The Morgan fingerprint density at radius 1 is 0.431 bits per heavy atom. The summed E-state index contributed by atoms with van der Waals surface area (Å²) in [6.45, 7) is 13.7. The number of aromatic nitrogens is 2. The van der Waals surface area contributed by atoms with Crippen molar-refractivity contribution in [3.63, 3.8) is 0 Å². The van der Waals surface area contributed by atoms with E-state index in [0.29, 0.717) is 0 Å². The van der Waals surface area contributed by atoms with Crippen molar-refractivity contribution >= 4 is 33.7 Å². The van der Waals surface area contributed by atoms with Crippen molar-refractivity contribution in [3.8, 4) is 65.0 Å². The number of unbranched alkanes of at least 4 members (excludes halogenated alkanes) is 10. The maximum atomic E-state index is 5.67. The Kier molecular flexibility index (Phi) is 14.0. The molecule has 2 nitrogen and oxygen atoms in total. The molecule has 0 N–H and O–H groups in total. The van der Waals surface area contributed by atoms with Crippen LogP contribution in [-0.2, 0) is 5.41 Å². The van der Waals surface area contributed by atoms with Gasteiger partial charge in [-0.15, -0.1) is 22.7 Å². The quantitative estimate of drug-likeness (QED) is 0.0756. The number of fused-ring (bicyclic) bond motifs is 4. The third kappa shape index (κ3) is 9.19. The Hall–Kier alpha value is -5.16. The average molecular weight is 891 g/mol. The molecule has 1 aliphatic rings. The minimum absolute atomic E-state index is 0.0423. The number of aryl methyl sites for hydroxylation is 4. The number of benzene rings is 5. The molecule has 0 unspecified atom stereocenters. The number of nitrogens with zero attached hydrogens (tertiary/aromatic N) is 2. The summed E-state index contributed by atoms with van der Waals surface area (Å²) in [7, 11) is 0. The van der Waals surface area contributed by atoms with Gasteiger partial charge >= 0.3 is 0 Å². The minimum Gasteiger partial charge on any atom is -0.243 e. The topological polar surface area (TPSA) is 25.8 Å². The lowest BCUT2D eigenvalue weighted by Gasteiger charge is -2.33. The summed E-state index contributed by atoms with van der Waals surface area (Å²) < 4.78 is 0. The van der Waals surface area contributed by atoms with Crippen molar-refractivity contribution in [2.75, 3.05) is 0 Å². The zero-order valence-electron chi connectivity index (χ0n) is 39.7. The largest absolute Gasteiger partial charge is 0.243 e. The molecule has 0 spiro atoms. The molecular weight excluding hydrogens is 825 g/mol. The lowest BCUT2D eigenvalue weighted by Crippen LogP contribution is -2.25. The maximum absolute atomic E-state index is 5.67. The van der Waals surface area contributed by atoms with Crippen LogP contribution in [0.5, 0.6) is 0 Å². The summed E-state index contributed by atoms with van der Waals surface area (Å²) in [6, 6.07) is 45.4. The van der Waals surface area contributed by atoms with Crippen LogP contribution < -0.4 is 0 Å². The molecule has 3 aromatic heterocycles. The van der Waals surface area contributed by atoms with Crippen LogP contribution in [0.4, 0.5) is 0 Å². The zero-order valence-corrected chi connectivity index (χ0v) is 41.3. The van der Waals surface area contributed by atoms with Crippen LogP contribution in [0.15, 0.2) is 121 Å². The van der Waals surface area contributed by atoms with E-state index in [2.05, 4.69) is 163 Å². The van der Waals surface area contributed by atoms with Crippen LogP contribution >= 0.6 is 22.7 Å². The third-order valence-electron chi connectivity index (χ3n) is 14.2. The molecule has 1 aliphatic carbocycles. The van der Waals surface area contributed by atoms with Gasteiger partial charge in [0.2, 0.25) is 0 Å². The smallest absolute Gasteiger partial charge is 0.0988 e. The van der Waals surface area contributed by atoms with Gasteiger partial charge in [0.25, 0.3) is 0 Å². The van der Waals surface area contributed by atoms with Crippen molar-refractivity contribution in [2.45, 2.75) is 137 Å². The van der Waals surface area contributed by atoms with Crippen LogP contribution in [0.2, 0.25) is 0 Å². The minimum atomic E-state index is 0.0423. The van der Waals surface area contributed by atoms with E-state index in [4.69, 9.17) is 9.97 Å². The number of hydrogen-bond acceptors (Lipinski definition) is 4. The summed E-state index contributed by atoms with van der Waals surface area (Å²) in [5.41, 5.74) is 19.6. The fourth-order valence-electron chi connectivity index (χ4n) is 10.6. The molecule has 0 amide bonds. The summed E-state index contributed by atoms with van der Waals surface area (Å²) in [4.78, 5) is 16.5. The standard InChI is InChI=1S/C61H66N2S2/c1-7-9-11-13-15-23-35-61(36-24-16-14-12-10-8-2)52-37-41(3)29-31-48(52)49-32-30-47(40-53(49)61)60-43(5)39-55(65-60)51-34-33-50(54-38-42(4)44(6)64-54)58-59(51)63-57(46-27-21-18-22-28-46)56(62-58)45-25-19-17-20-26-45/h17-22,25-34,37-40H,7-16,23-24,35-36H2,1-6H3. The Morgan fingerprint density at radius 3 is 1.45 bits per heavy atom. The van der Waals surface area contributed by atoms with E-state index in [9.17, 15) is 0 Å². The molecule has 3 heterocycles. The van der Waals surface area contributed by atoms with E-state index in [0.717, 1.165) is 44.7 Å². The Bertz CT molecular complexity index is 2860. The Labute approximate surface area is 397 Å². The second-order valence-corrected chi connectivity index (χ2v) is 21.2. The molecule has 0 saturated heterocycles. The van der Waals surface area contributed by atoms with Gasteiger partial charge in [-0.2, -0.15) is 0 Å². The van der Waals surface area contributed by atoms with Gasteiger partial charge in [0, 0.05) is 47.2 Å². The monoisotopic (exact) mass is 890 g/mol. The summed E-state index contributed by atoms with van der Waals surface area (Å²) in [5.74, 6) is 0. The summed E-state index contributed by atoms with van der Waals surface area (Å²) in [5, 5.41) is 0. The highest BCUT2D eigenvalue weighted by Crippen LogP contribution is 2.56. The summed E-state index contributed by atoms with van der Waals surface area (Å²) >= 11 is 3.76. The van der Waals surface area contributed by atoms with Crippen molar-refractivity contribution in [3.05, 3.63) is 154 Å². The van der Waals surface area contributed by atoms with Gasteiger partial charge in [-0.1, -0.05) is 200 Å². The van der Waals surface area contributed by atoms with Gasteiger partial charge in [0.15, 0.2) is 0 Å². The Morgan fingerprint density at radius 2 is 0.908 bits per heavy atom. The van der Waals surface area contributed by atoms with Crippen LogP contribution in [0, 0.1) is 27.7 Å². The fraction of sp³-hybridized carbons (Fsp3) is 0.344. The molecule has 9 rings (SSSR count). The molecule has 0 atom stereocenters. The van der Waals surface area contributed by atoms with Gasteiger partial charge in [0.05, 0.1) is 22.4 Å². The third-order valence-corrected chi connectivity index (χ3v) is 16.7. The van der Waals surface area contributed by atoms with Crippen molar-refractivity contribution < 1.29 is 0 Å². The molecule has 0 fully saturated rings. The van der Waals surface area contributed by atoms with Gasteiger partial charge in [-0.05, 0) is 97.7 Å². The molecule has 65 heavy (non-hydrogen) atoms. The predicted molar refractivity (Wildman–Crippen MR) is 284 cm³/mol. The molecule has 0 bridgehead atoms. The van der Waals surface area contributed by atoms with Crippen LogP contribution in [0.1, 0.15) is 136 Å². The van der Waals surface area contributed by atoms with E-state index in [1.165, 1.54) is 143 Å².